The van der Waals surface area contributed by atoms with E-state index < -0.39 is 33.2 Å². The van der Waals surface area contributed by atoms with Gasteiger partial charge in [0.05, 0.1) is 5.92 Å². The molecule has 0 heterocycles. The average Bonchev–Trinajstić information content (AvgIpc) is 2.59. The molecule has 0 bridgehead atoms. The van der Waals surface area contributed by atoms with Crippen LogP contribution < -0.4 is 0 Å². The Morgan fingerprint density at radius 2 is 0.968 bits per heavy atom. The topological polar surface area (TPSA) is 129 Å². The Balaban J connectivity index is -0.00000121. The van der Waals surface area contributed by atoms with E-state index in [1.54, 1.807) is 0 Å². The summed E-state index contributed by atoms with van der Waals surface area (Å²) in [6, 6.07) is 0. The van der Waals surface area contributed by atoms with Crippen LogP contribution in [0.15, 0.2) is 0 Å². The van der Waals surface area contributed by atoms with Gasteiger partial charge in [-0.05, 0) is 6.42 Å². The van der Waals surface area contributed by atoms with Crippen molar-refractivity contribution in [1.29, 1.82) is 0 Å². The minimum absolute atomic E-state index is 0. The number of rotatable bonds is 19. The summed E-state index contributed by atoms with van der Waals surface area (Å²) in [6.07, 6.45) is 15.8. The minimum atomic E-state index is -4.96. The first-order valence-corrected chi connectivity index (χ1v) is 12.1. The van der Waals surface area contributed by atoms with Gasteiger partial charge < -0.3 is 10.2 Å². The van der Waals surface area contributed by atoms with Gasteiger partial charge in [-0.15, -0.1) is 0 Å². The zero-order valence-electron chi connectivity index (χ0n) is 17.1. The second-order valence-electron chi connectivity index (χ2n) is 7.60. The molecule has 0 saturated heterocycles. The summed E-state index contributed by atoms with van der Waals surface area (Å²) in [5, 5.41) is 15.7. The molecule has 2 atom stereocenters. The van der Waals surface area contributed by atoms with Crippen molar-refractivity contribution >= 4 is 111 Å². The van der Waals surface area contributed by atoms with E-state index in [-0.39, 0.29) is 95.1 Å². The van der Waals surface area contributed by atoms with Gasteiger partial charge in [-0.1, -0.05) is 96.8 Å². The Kier molecular flexibility index (Phi) is 32.2. The van der Waals surface area contributed by atoms with Gasteiger partial charge in [0.15, 0.2) is 5.25 Å². The van der Waals surface area contributed by atoms with Crippen LogP contribution in [0, 0.1) is 5.92 Å². The van der Waals surface area contributed by atoms with Crippen molar-refractivity contribution in [1.82, 2.24) is 0 Å². The third-order valence-electron chi connectivity index (χ3n) is 5.12. The standard InChI is InChI=1S/C20H38O7S.3Na.3H/c1-2-3-4-5-6-7-8-9-10-11-12-13-14-15-16-17(19(21)22)18(20(23)24)28(25,26)27;;;;;;/h17-18H,2-16H2,1H3,(H,21,22)(H,23,24)(H,25,26,27);;;;;;. The molecule has 0 rings (SSSR count). The van der Waals surface area contributed by atoms with Crippen LogP contribution in [0.5, 0.6) is 0 Å². The van der Waals surface area contributed by atoms with E-state index in [1.807, 2.05) is 0 Å². The van der Waals surface area contributed by atoms with Crippen molar-refractivity contribution < 1.29 is 32.8 Å². The van der Waals surface area contributed by atoms with E-state index in [9.17, 15) is 18.0 Å². The molecule has 0 aromatic heterocycles. The first-order chi connectivity index (χ1) is 13.2. The molecular weight excluding hydrogens is 453 g/mol. The number of carboxylic acids is 2. The fourth-order valence-corrected chi connectivity index (χ4v) is 4.39. The predicted molar refractivity (Wildman–Crippen MR) is 130 cm³/mol. The molecule has 2 unspecified atom stereocenters. The molecule has 0 aliphatic heterocycles. The molecule has 0 aliphatic carbocycles. The molecule has 0 aromatic carbocycles. The molecule has 0 radical (unpaired) electrons. The Morgan fingerprint density at radius 1 is 0.645 bits per heavy atom. The van der Waals surface area contributed by atoms with Crippen LogP contribution in [0.25, 0.3) is 0 Å². The quantitative estimate of drug-likeness (QED) is 0.143. The number of unbranched alkanes of at least 4 members (excludes halogenated alkanes) is 13. The summed E-state index contributed by atoms with van der Waals surface area (Å²) in [5.41, 5.74) is 0. The summed E-state index contributed by atoms with van der Waals surface area (Å²) in [4.78, 5) is 22.3. The van der Waals surface area contributed by atoms with Gasteiger partial charge in [-0.25, -0.2) is 0 Å². The van der Waals surface area contributed by atoms with Crippen molar-refractivity contribution in [2.45, 2.75) is 108 Å². The fourth-order valence-electron chi connectivity index (χ4n) is 3.47. The molecule has 0 amide bonds. The van der Waals surface area contributed by atoms with Crippen LogP contribution in [0.2, 0.25) is 0 Å². The molecule has 0 aliphatic rings. The van der Waals surface area contributed by atoms with Crippen molar-refractivity contribution in [3.8, 4) is 0 Å². The third kappa shape index (κ3) is 22.1. The van der Waals surface area contributed by atoms with E-state index in [1.165, 1.54) is 57.8 Å². The normalized spacial score (nSPS) is 12.6. The molecule has 7 nitrogen and oxygen atoms in total. The zero-order chi connectivity index (χ0) is 21.4. The fraction of sp³-hybridized carbons (Fsp3) is 0.900. The first-order valence-electron chi connectivity index (χ1n) is 10.6. The summed E-state index contributed by atoms with van der Waals surface area (Å²) in [5.74, 6) is -4.98. The van der Waals surface area contributed by atoms with Crippen LogP contribution in [0.4, 0.5) is 0 Å². The summed E-state index contributed by atoms with van der Waals surface area (Å²) >= 11 is 0. The molecule has 0 aromatic rings. The van der Waals surface area contributed by atoms with E-state index in [0.717, 1.165) is 25.7 Å². The summed E-state index contributed by atoms with van der Waals surface area (Å²) in [6.45, 7) is 2.22. The summed E-state index contributed by atoms with van der Waals surface area (Å²) < 4.78 is 31.4. The third-order valence-corrected chi connectivity index (χ3v) is 6.29. The second kappa shape index (κ2) is 25.0. The number of aliphatic carboxylic acids is 2. The SMILES string of the molecule is CCCCCCCCCCCCCCCCC(C(=O)O)C(C(=O)O)S(=O)(=O)O.[NaH].[NaH].[NaH]. The number of hydrogen-bond donors (Lipinski definition) is 3. The molecule has 3 N–H and O–H groups in total. The number of hydrogen-bond acceptors (Lipinski definition) is 4. The molecule has 0 fully saturated rings. The van der Waals surface area contributed by atoms with Crippen molar-refractivity contribution in [3.63, 3.8) is 0 Å². The molecular formula is C20H41Na3O7S. The molecule has 0 saturated carbocycles. The number of carbonyl (C=O) groups is 2. The number of carboxylic acid groups (broad SMARTS) is 2. The van der Waals surface area contributed by atoms with Gasteiger partial charge in [-0.2, -0.15) is 8.42 Å². The Bertz CT molecular complexity index is 545. The maximum atomic E-state index is 11.2. The van der Waals surface area contributed by atoms with Gasteiger partial charge in [0.2, 0.25) is 0 Å². The van der Waals surface area contributed by atoms with Crippen molar-refractivity contribution in [3.05, 3.63) is 0 Å². The van der Waals surface area contributed by atoms with Crippen LogP contribution in [-0.4, -0.2) is 129 Å². The monoisotopic (exact) mass is 494 g/mol. The van der Waals surface area contributed by atoms with Crippen LogP contribution in [-0.2, 0) is 19.7 Å². The zero-order valence-corrected chi connectivity index (χ0v) is 18.0. The predicted octanol–water partition coefficient (Wildman–Crippen LogP) is 2.95. The van der Waals surface area contributed by atoms with E-state index in [2.05, 4.69) is 6.92 Å². The maximum absolute atomic E-state index is 11.2. The average molecular weight is 495 g/mol. The van der Waals surface area contributed by atoms with E-state index >= 15 is 0 Å². The van der Waals surface area contributed by atoms with Crippen molar-refractivity contribution in [2.75, 3.05) is 0 Å². The van der Waals surface area contributed by atoms with Gasteiger partial charge in [0, 0.05) is 0 Å². The van der Waals surface area contributed by atoms with Gasteiger partial charge in [-0.3, -0.25) is 14.1 Å². The Morgan fingerprint density at radius 3 is 1.23 bits per heavy atom. The molecule has 11 heteroatoms. The van der Waals surface area contributed by atoms with Crippen molar-refractivity contribution in [2.24, 2.45) is 5.92 Å². The second-order valence-corrected chi connectivity index (χ2v) is 9.14. The Labute approximate surface area is 254 Å². The van der Waals surface area contributed by atoms with Gasteiger partial charge >= 0.3 is 101 Å². The van der Waals surface area contributed by atoms with Crippen LogP contribution >= 0.6 is 0 Å². The molecule has 172 valence electrons. The van der Waals surface area contributed by atoms with E-state index in [4.69, 9.17) is 14.8 Å². The first kappa shape index (κ1) is 40.0. The Hall–Kier alpha value is 1.85. The van der Waals surface area contributed by atoms with Gasteiger partial charge in [0.25, 0.3) is 10.1 Å². The summed E-state index contributed by atoms with van der Waals surface area (Å²) in [7, 11) is -4.96. The van der Waals surface area contributed by atoms with Gasteiger partial charge in [0.1, 0.15) is 0 Å². The van der Waals surface area contributed by atoms with Crippen LogP contribution in [0.1, 0.15) is 103 Å². The van der Waals surface area contributed by atoms with E-state index in [0.29, 0.717) is 6.42 Å². The van der Waals surface area contributed by atoms with Crippen LogP contribution in [0.3, 0.4) is 0 Å². The molecule has 0 spiro atoms. The molecule has 31 heavy (non-hydrogen) atoms.